The normalized spacial score (nSPS) is 27.1. The first-order chi connectivity index (χ1) is 31.5. The molecule has 6 atom stereocenters. The van der Waals surface area contributed by atoms with Crippen LogP contribution in [-0.4, -0.2) is 140 Å². The number of ether oxygens (including phenoxy) is 1. The Balaban J connectivity index is 1.15. The van der Waals surface area contributed by atoms with Crippen molar-refractivity contribution in [2.24, 2.45) is 11.8 Å². The van der Waals surface area contributed by atoms with Gasteiger partial charge in [0, 0.05) is 69.8 Å². The lowest BCUT2D eigenvalue weighted by Crippen LogP contribution is -2.59. The van der Waals surface area contributed by atoms with Crippen LogP contribution in [0.15, 0.2) is 53.9 Å². The molecule has 0 unspecified atom stereocenters. The van der Waals surface area contributed by atoms with E-state index in [-0.39, 0.29) is 56.5 Å². The largest absolute Gasteiger partial charge is 0.444 e. The van der Waals surface area contributed by atoms with Crippen molar-refractivity contribution in [3.05, 3.63) is 71.8 Å². The average molecular weight is 940 g/mol. The molecule has 1 aliphatic carbocycles. The van der Waals surface area contributed by atoms with Crippen LogP contribution < -0.4 is 26.0 Å². The molecular formula is C46H63F2N9O8S. The molecule has 2 aromatic carbocycles. The van der Waals surface area contributed by atoms with Crippen molar-refractivity contribution >= 4 is 45.6 Å². The third kappa shape index (κ3) is 11.3. The van der Waals surface area contributed by atoms with Crippen molar-refractivity contribution in [2.75, 3.05) is 58.2 Å². The van der Waals surface area contributed by atoms with E-state index >= 15 is 0 Å². The molecule has 2 aromatic rings. The van der Waals surface area contributed by atoms with Crippen LogP contribution in [0.1, 0.15) is 76.3 Å². The van der Waals surface area contributed by atoms with Crippen molar-refractivity contribution in [1.29, 1.82) is 0 Å². The summed E-state index contributed by atoms with van der Waals surface area (Å²) >= 11 is 0. The van der Waals surface area contributed by atoms with Crippen LogP contribution in [-0.2, 0) is 42.2 Å². The van der Waals surface area contributed by atoms with Gasteiger partial charge in [-0.15, -0.1) is 6.58 Å². The van der Waals surface area contributed by atoms with Crippen molar-refractivity contribution < 1.29 is 45.9 Å². The number of likely N-dealkylation sites (N-methyl/N-ethyl adjacent to an activating group) is 1. The molecule has 6 amide bonds. The second kappa shape index (κ2) is 20.7. The molecular weight excluding hydrogens is 877 g/mol. The summed E-state index contributed by atoms with van der Waals surface area (Å²) in [6.07, 6.45) is 2.89. The second-order valence-corrected chi connectivity index (χ2v) is 20.3. The number of hydrogen-bond donors (Lipinski definition) is 5. The van der Waals surface area contributed by atoms with E-state index in [0.29, 0.717) is 43.5 Å². The van der Waals surface area contributed by atoms with E-state index in [9.17, 15) is 41.2 Å². The summed E-state index contributed by atoms with van der Waals surface area (Å²) in [6, 6.07) is 4.57. The number of fused-ring (bicyclic) bond motifs is 3. The van der Waals surface area contributed by atoms with Gasteiger partial charge in [0.05, 0.1) is 18.8 Å². The number of nitrogens with zero attached hydrogens (tertiary/aromatic N) is 4. The fourth-order valence-corrected chi connectivity index (χ4v) is 10.6. The highest BCUT2D eigenvalue weighted by Crippen LogP contribution is 2.45. The van der Waals surface area contributed by atoms with Crippen LogP contribution >= 0.6 is 0 Å². The molecule has 360 valence electrons. The van der Waals surface area contributed by atoms with E-state index in [4.69, 9.17) is 4.74 Å². The Morgan fingerprint density at radius 2 is 1.76 bits per heavy atom. The van der Waals surface area contributed by atoms with Crippen LogP contribution in [0.2, 0.25) is 0 Å². The van der Waals surface area contributed by atoms with Gasteiger partial charge in [-0.05, 0) is 62.1 Å². The minimum Gasteiger partial charge on any atom is -0.444 e. The summed E-state index contributed by atoms with van der Waals surface area (Å²) in [7, 11) is -2.62. The molecule has 0 bridgehead atoms. The number of nitrogens with one attached hydrogen (secondary N) is 5. The first kappa shape index (κ1) is 48.6. The number of carbonyl (C=O) groups is 5. The zero-order valence-corrected chi connectivity index (χ0v) is 38.8. The number of rotatable bonds is 7. The smallest absolute Gasteiger partial charge is 0.410 e. The number of benzene rings is 2. The molecule has 5 N–H and O–H groups in total. The van der Waals surface area contributed by atoms with Gasteiger partial charge in [0.15, 0.2) is 0 Å². The summed E-state index contributed by atoms with van der Waals surface area (Å²) in [5.74, 6) is -4.45. The van der Waals surface area contributed by atoms with Gasteiger partial charge >= 0.3 is 12.1 Å². The molecule has 66 heavy (non-hydrogen) atoms. The molecule has 4 aliphatic heterocycles. The summed E-state index contributed by atoms with van der Waals surface area (Å²) < 4.78 is 64.7. The summed E-state index contributed by atoms with van der Waals surface area (Å²) in [6.45, 7) is 12.1. The predicted molar refractivity (Wildman–Crippen MR) is 241 cm³/mol. The average Bonchev–Trinajstić information content (AvgIpc) is 3.56. The van der Waals surface area contributed by atoms with Crippen LogP contribution in [0.3, 0.4) is 0 Å². The van der Waals surface area contributed by atoms with Gasteiger partial charge in [-0.1, -0.05) is 57.7 Å². The predicted octanol–water partition coefficient (Wildman–Crippen LogP) is 3.66. The molecule has 7 rings (SSSR count). The monoisotopic (exact) mass is 939 g/mol. The zero-order chi connectivity index (χ0) is 47.3. The molecule has 20 heteroatoms. The van der Waals surface area contributed by atoms with Gasteiger partial charge < -0.3 is 35.8 Å². The number of amides is 6. The lowest BCUT2D eigenvalue weighted by atomic mass is 10.0. The molecule has 5 aliphatic rings. The Morgan fingerprint density at radius 1 is 1.02 bits per heavy atom. The zero-order valence-electron chi connectivity index (χ0n) is 38.0. The third-order valence-electron chi connectivity index (χ3n) is 13.6. The molecule has 0 aromatic heterocycles. The lowest BCUT2D eigenvalue weighted by Gasteiger charge is -2.36. The van der Waals surface area contributed by atoms with Crippen LogP contribution in [0.25, 0.3) is 0 Å². The van der Waals surface area contributed by atoms with Gasteiger partial charge in [0.1, 0.15) is 40.3 Å². The van der Waals surface area contributed by atoms with E-state index < -0.39 is 86.0 Å². The number of sulfonamides is 1. The van der Waals surface area contributed by atoms with E-state index in [0.717, 1.165) is 51.2 Å². The quantitative estimate of drug-likeness (QED) is 0.254. The number of carbonyl (C=O) groups excluding carboxylic acids is 5. The van der Waals surface area contributed by atoms with Gasteiger partial charge in [-0.2, -0.15) is 0 Å². The topological polar surface area (TPSA) is 202 Å². The first-order valence-electron chi connectivity index (χ1n) is 23.0. The Bertz CT molecular complexity index is 2280. The van der Waals surface area contributed by atoms with Crippen molar-refractivity contribution in [1.82, 2.24) is 40.3 Å². The highest BCUT2D eigenvalue weighted by atomic mass is 32.2. The number of hydrogen-bond acceptors (Lipinski definition) is 11. The van der Waals surface area contributed by atoms with Crippen LogP contribution in [0.5, 0.6) is 0 Å². The number of halogens is 2. The van der Waals surface area contributed by atoms with Crippen LogP contribution in [0.4, 0.5) is 24.1 Å². The molecule has 4 heterocycles. The number of urea groups is 1. The van der Waals surface area contributed by atoms with E-state index in [1.807, 2.05) is 18.6 Å². The number of anilines is 1. The summed E-state index contributed by atoms with van der Waals surface area (Å²) in [4.78, 5) is 77.7. The maximum atomic E-state index is 14.9. The maximum Gasteiger partial charge on any atom is 0.410 e. The molecule has 1 spiro atoms. The summed E-state index contributed by atoms with van der Waals surface area (Å²) in [5.41, 5.74) is -0.723. The van der Waals surface area contributed by atoms with E-state index in [1.54, 1.807) is 12.1 Å². The first-order valence-corrected chi connectivity index (χ1v) is 24.5. The van der Waals surface area contributed by atoms with Gasteiger partial charge in [-0.25, -0.2) is 31.5 Å². The fourth-order valence-electron chi connectivity index (χ4n) is 9.36. The number of piperazine rings is 1. The van der Waals surface area contributed by atoms with Gasteiger partial charge in [0.25, 0.3) is 15.9 Å². The van der Waals surface area contributed by atoms with E-state index in [1.165, 1.54) is 28.0 Å². The summed E-state index contributed by atoms with van der Waals surface area (Å²) in [5, 5.41) is 11.8. The Morgan fingerprint density at radius 3 is 2.47 bits per heavy atom. The van der Waals surface area contributed by atoms with Crippen molar-refractivity contribution in [3.63, 3.8) is 0 Å². The van der Waals surface area contributed by atoms with E-state index in [2.05, 4.69) is 44.7 Å². The Labute approximate surface area is 385 Å². The SMILES string of the molecule is C=C[C@@H]1C[C@@]12NC(=O)[C@@H]1C[C@@H](OC(=O)N3Cc4cccc(F)c4C3)CN1C(=O)[C@@H](NC(=O)N[C@H](CN1CCN(C)CC1)C(C)C)CCCCCCCNc1ccc(F)cc1S(=O)(=O)NC2=O. The minimum atomic E-state index is -4.69. The lowest BCUT2D eigenvalue weighted by molar-refractivity contribution is -0.141. The van der Waals surface area contributed by atoms with Gasteiger partial charge in [0.2, 0.25) is 11.8 Å². The molecule has 3 fully saturated rings. The minimum absolute atomic E-state index is 0.0293. The highest BCUT2D eigenvalue weighted by Gasteiger charge is 2.61. The standard InChI is InChI=1S/C46H63F2N9O8S/c1-5-31-24-46(31)43(60)53-66(63,64)40-22-32(47)15-16-36(40)49-17-10-8-6-7-9-14-37(50-44(61)51-38(29(2)3)28-55-20-18-54(4)19-21-55)42(59)57-26-33(23-39(57)41(58)52-46)65-45(62)56-25-30-12-11-13-35(48)34(30)27-56/h5,11-13,15-16,22,29,31,33,37-39,49H,1,6-10,14,17-21,23-28H2,2-4H3,(H,52,58)(H,53,60)(H2,50,51,61)/t31-,33-,37+,38-,39+,46-/m1/s1. The van der Waals surface area contributed by atoms with Crippen LogP contribution in [0, 0.1) is 23.5 Å². The molecule has 17 nitrogen and oxygen atoms in total. The van der Waals surface area contributed by atoms with Crippen molar-refractivity contribution in [2.45, 2.75) is 113 Å². The van der Waals surface area contributed by atoms with Gasteiger partial charge in [-0.3, -0.25) is 24.2 Å². The third-order valence-corrected chi connectivity index (χ3v) is 14.9. The molecule has 2 saturated heterocycles. The molecule has 1 saturated carbocycles. The highest BCUT2D eigenvalue weighted by molar-refractivity contribution is 7.90. The Hall–Kier alpha value is -5.34. The Kier molecular flexibility index (Phi) is 15.2. The maximum absolute atomic E-state index is 14.9. The van der Waals surface area contributed by atoms with Crippen molar-refractivity contribution in [3.8, 4) is 0 Å². The second-order valence-electron chi connectivity index (χ2n) is 18.7. The fraction of sp³-hybridized carbons (Fsp3) is 0.587. The molecule has 0 radical (unpaired) electrons.